The molecule has 1 saturated heterocycles. The standard InChI is InChI=1S/C19H19Cl2FN2O3/c1-26-12-27-18-15(20)3-2-4-17(18)23-7-9-24(10-8-23)19(25)14-6-5-13(22)11-16(14)21/h2-6,11H,7-10,12H2,1H3. The molecule has 0 aromatic heterocycles. The van der Waals surface area contributed by atoms with E-state index < -0.39 is 5.82 Å². The largest absolute Gasteiger partial charge is 0.464 e. The van der Waals surface area contributed by atoms with Crippen LogP contribution in [0.15, 0.2) is 36.4 Å². The first-order valence-corrected chi connectivity index (χ1v) is 9.16. The molecule has 27 heavy (non-hydrogen) atoms. The number of amides is 1. The molecule has 1 fully saturated rings. The molecule has 0 bridgehead atoms. The first kappa shape index (κ1) is 19.7. The van der Waals surface area contributed by atoms with E-state index in [0.29, 0.717) is 42.5 Å². The van der Waals surface area contributed by atoms with Crippen molar-refractivity contribution in [1.29, 1.82) is 0 Å². The van der Waals surface area contributed by atoms with Crippen molar-refractivity contribution in [3.05, 3.63) is 57.8 Å². The van der Waals surface area contributed by atoms with Gasteiger partial charge in [-0.1, -0.05) is 29.3 Å². The van der Waals surface area contributed by atoms with Crippen molar-refractivity contribution < 1.29 is 18.7 Å². The maximum Gasteiger partial charge on any atom is 0.255 e. The molecule has 1 aliphatic heterocycles. The Hall–Kier alpha value is -2.02. The molecule has 0 aliphatic carbocycles. The summed E-state index contributed by atoms with van der Waals surface area (Å²) in [6, 6.07) is 9.34. The van der Waals surface area contributed by atoms with Gasteiger partial charge in [0.05, 0.1) is 21.3 Å². The predicted molar refractivity (Wildman–Crippen MR) is 103 cm³/mol. The summed E-state index contributed by atoms with van der Waals surface area (Å²) in [4.78, 5) is 16.5. The molecule has 2 aromatic rings. The molecule has 8 heteroatoms. The van der Waals surface area contributed by atoms with Crippen LogP contribution in [-0.2, 0) is 4.74 Å². The van der Waals surface area contributed by atoms with E-state index >= 15 is 0 Å². The van der Waals surface area contributed by atoms with Gasteiger partial charge < -0.3 is 19.3 Å². The third kappa shape index (κ3) is 4.46. The molecule has 3 rings (SSSR count). The van der Waals surface area contributed by atoms with Gasteiger partial charge in [0.15, 0.2) is 12.5 Å². The van der Waals surface area contributed by atoms with Crippen LogP contribution in [-0.4, -0.2) is 50.9 Å². The molecule has 1 amide bonds. The fraction of sp³-hybridized carbons (Fsp3) is 0.316. The fourth-order valence-electron chi connectivity index (χ4n) is 2.99. The fourth-order valence-corrected chi connectivity index (χ4v) is 3.46. The van der Waals surface area contributed by atoms with Crippen LogP contribution in [0.4, 0.5) is 10.1 Å². The van der Waals surface area contributed by atoms with Gasteiger partial charge in [-0.15, -0.1) is 0 Å². The van der Waals surface area contributed by atoms with Crippen LogP contribution in [0.5, 0.6) is 5.75 Å². The van der Waals surface area contributed by atoms with Crippen LogP contribution in [0.3, 0.4) is 0 Å². The zero-order valence-electron chi connectivity index (χ0n) is 14.8. The SMILES string of the molecule is COCOc1c(Cl)cccc1N1CCN(C(=O)c2ccc(F)cc2Cl)CC1. The maximum atomic E-state index is 13.2. The van der Waals surface area contributed by atoms with Gasteiger partial charge in [0.25, 0.3) is 5.91 Å². The number of para-hydroxylation sites is 1. The summed E-state index contributed by atoms with van der Waals surface area (Å²) in [5.41, 5.74) is 1.16. The first-order chi connectivity index (χ1) is 13.0. The van der Waals surface area contributed by atoms with Gasteiger partial charge in [0.1, 0.15) is 5.82 Å². The Kier molecular flexibility index (Phi) is 6.42. The van der Waals surface area contributed by atoms with Gasteiger partial charge in [0, 0.05) is 33.3 Å². The van der Waals surface area contributed by atoms with Crippen molar-refractivity contribution in [2.45, 2.75) is 0 Å². The summed E-state index contributed by atoms with van der Waals surface area (Å²) in [5.74, 6) is -0.116. The summed E-state index contributed by atoms with van der Waals surface area (Å²) < 4.78 is 23.8. The summed E-state index contributed by atoms with van der Waals surface area (Å²) in [6.07, 6.45) is 0. The lowest BCUT2D eigenvalue weighted by atomic mass is 10.1. The summed E-state index contributed by atoms with van der Waals surface area (Å²) in [6.45, 7) is 2.31. The van der Waals surface area contributed by atoms with E-state index in [4.69, 9.17) is 32.7 Å². The molecule has 144 valence electrons. The zero-order chi connectivity index (χ0) is 19.4. The molecule has 0 unspecified atom stereocenters. The van der Waals surface area contributed by atoms with Crippen molar-refractivity contribution in [1.82, 2.24) is 4.90 Å². The number of rotatable bonds is 5. The Labute approximate surface area is 167 Å². The minimum atomic E-state index is -0.467. The molecule has 0 N–H and O–H groups in total. The van der Waals surface area contributed by atoms with Crippen molar-refractivity contribution in [3.63, 3.8) is 0 Å². The summed E-state index contributed by atoms with van der Waals surface area (Å²) in [5, 5.41) is 0.619. The number of hydrogen-bond donors (Lipinski definition) is 0. The number of benzene rings is 2. The Morgan fingerprint density at radius 1 is 1.11 bits per heavy atom. The van der Waals surface area contributed by atoms with Crippen LogP contribution in [0, 0.1) is 5.82 Å². The number of methoxy groups -OCH3 is 1. The average molecular weight is 413 g/mol. The third-order valence-electron chi connectivity index (χ3n) is 4.34. The minimum Gasteiger partial charge on any atom is -0.464 e. The maximum absolute atomic E-state index is 13.2. The Bertz CT molecular complexity index is 827. The van der Waals surface area contributed by atoms with Gasteiger partial charge >= 0.3 is 0 Å². The molecule has 0 atom stereocenters. The predicted octanol–water partition coefficient (Wildman–Crippen LogP) is 4.08. The van der Waals surface area contributed by atoms with Crippen LogP contribution in [0.2, 0.25) is 10.0 Å². The van der Waals surface area contributed by atoms with Gasteiger partial charge in [-0.2, -0.15) is 0 Å². The van der Waals surface area contributed by atoms with E-state index in [1.54, 1.807) is 18.1 Å². The summed E-state index contributed by atoms with van der Waals surface area (Å²) >= 11 is 12.3. The second kappa shape index (κ2) is 8.78. The Balaban J connectivity index is 1.70. The van der Waals surface area contributed by atoms with E-state index in [9.17, 15) is 9.18 Å². The summed E-state index contributed by atoms with van der Waals surface area (Å²) in [7, 11) is 1.54. The van der Waals surface area contributed by atoms with Crippen LogP contribution in [0.1, 0.15) is 10.4 Å². The molecule has 0 spiro atoms. The van der Waals surface area contributed by atoms with Crippen LogP contribution in [0.25, 0.3) is 0 Å². The highest BCUT2D eigenvalue weighted by molar-refractivity contribution is 6.34. The molecule has 1 aliphatic rings. The van der Waals surface area contributed by atoms with Gasteiger partial charge in [-0.05, 0) is 30.3 Å². The Morgan fingerprint density at radius 2 is 1.85 bits per heavy atom. The molecule has 0 saturated carbocycles. The van der Waals surface area contributed by atoms with E-state index in [-0.39, 0.29) is 17.7 Å². The number of hydrogen-bond acceptors (Lipinski definition) is 4. The lowest BCUT2D eigenvalue weighted by Gasteiger charge is -2.37. The van der Waals surface area contributed by atoms with Crippen molar-refractivity contribution in [3.8, 4) is 5.75 Å². The number of carbonyl (C=O) groups is 1. The molecule has 5 nitrogen and oxygen atoms in total. The second-order valence-corrected chi connectivity index (χ2v) is 6.86. The van der Waals surface area contributed by atoms with Gasteiger partial charge in [-0.25, -0.2) is 4.39 Å². The normalized spacial score (nSPS) is 14.4. The number of anilines is 1. The van der Waals surface area contributed by atoms with E-state index in [2.05, 4.69) is 4.90 Å². The Morgan fingerprint density at radius 3 is 2.52 bits per heavy atom. The quantitative estimate of drug-likeness (QED) is 0.693. The zero-order valence-corrected chi connectivity index (χ0v) is 16.3. The van der Waals surface area contributed by atoms with Gasteiger partial charge in [0.2, 0.25) is 0 Å². The van der Waals surface area contributed by atoms with Crippen LogP contribution < -0.4 is 9.64 Å². The smallest absolute Gasteiger partial charge is 0.255 e. The second-order valence-electron chi connectivity index (χ2n) is 6.04. The highest BCUT2D eigenvalue weighted by atomic mass is 35.5. The molecular weight excluding hydrogens is 394 g/mol. The van der Waals surface area contributed by atoms with Crippen molar-refractivity contribution in [2.24, 2.45) is 0 Å². The lowest BCUT2D eigenvalue weighted by Crippen LogP contribution is -2.49. The lowest BCUT2D eigenvalue weighted by molar-refractivity contribution is 0.0514. The number of carbonyl (C=O) groups excluding carboxylic acids is 1. The van der Waals surface area contributed by atoms with E-state index in [1.807, 2.05) is 12.1 Å². The van der Waals surface area contributed by atoms with Crippen molar-refractivity contribution in [2.75, 3.05) is 45.0 Å². The minimum absolute atomic E-state index is 0.0955. The average Bonchev–Trinajstić information content (AvgIpc) is 2.66. The van der Waals surface area contributed by atoms with Gasteiger partial charge in [-0.3, -0.25) is 4.79 Å². The highest BCUT2D eigenvalue weighted by Gasteiger charge is 2.25. The third-order valence-corrected chi connectivity index (χ3v) is 4.95. The number of halogens is 3. The highest BCUT2D eigenvalue weighted by Crippen LogP contribution is 2.36. The molecule has 0 radical (unpaired) electrons. The number of nitrogens with zero attached hydrogens (tertiary/aromatic N) is 2. The van der Waals surface area contributed by atoms with E-state index in [0.717, 1.165) is 11.8 Å². The van der Waals surface area contributed by atoms with Crippen LogP contribution >= 0.6 is 23.2 Å². The first-order valence-electron chi connectivity index (χ1n) is 8.40. The molecule has 2 aromatic carbocycles. The monoisotopic (exact) mass is 412 g/mol. The molecule has 1 heterocycles. The topological polar surface area (TPSA) is 42.0 Å². The van der Waals surface area contributed by atoms with Crippen molar-refractivity contribution >= 4 is 34.8 Å². The van der Waals surface area contributed by atoms with E-state index in [1.165, 1.54) is 12.1 Å². The number of ether oxygens (including phenoxy) is 2. The molecular formula is C19H19Cl2FN2O3. The number of piperazine rings is 1.